The van der Waals surface area contributed by atoms with Crippen LogP contribution in [-0.4, -0.2) is 36.9 Å². The highest BCUT2D eigenvalue weighted by Gasteiger charge is 2.27. The van der Waals surface area contributed by atoms with Crippen molar-refractivity contribution in [2.75, 3.05) is 19.0 Å². The Balaban J connectivity index is 2.06. The minimum Gasteiger partial charge on any atom is -0.466 e. The number of hydrogen-bond acceptors (Lipinski definition) is 9. The maximum absolute atomic E-state index is 12.1. The number of nitro groups is 1. The van der Waals surface area contributed by atoms with Crippen molar-refractivity contribution in [1.29, 1.82) is 0 Å². The molecule has 2 aromatic rings. The van der Waals surface area contributed by atoms with Crippen molar-refractivity contribution in [2.24, 2.45) is 0 Å². The molecule has 2 rings (SSSR count). The summed E-state index contributed by atoms with van der Waals surface area (Å²) in [6.45, 7) is 3.47. The lowest BCUT2D eigenvalue weighted by molar-refractivity contribution is -0.384. The van der Waals surface area contributed by atoms with Gasteiger partial charge in [0.2, 0.25) is 6.10 Å². The van der Waals surface area contributed by atoms with E-state index in [1.807, 2.05) is 0 Å². The number of esters is 1. The molecule has 0 saturated heterocycles. The van der Waals surface area contributed by atoms with E-state index in [1.165, 1.54) is 42.5 Å². The third kappa shape index (κ3) is 6.85. The number of nitrogens with zero attached hydrogens (tertiary/aromatic N) is 1. The Labute approximate surface area is 176 Å². The van der Waals surface area contributed by atoms with Crippen molar-refractivity contribution in [3.63, 3.8) is 0 Å². The second-order valence-electron chi connectivity index (χ2n) is 5.76. The lowest BCUT2D eigenvalue weighted by Gasteiger charge is -2.16. The average Bonchev–Trinajstić information content (AvgIpc) is 2.76. The number of nitrogens with one attached hydrogen (secondary N) is 1. The molecule has 1 N–H and O–H groups in total. The molecule has 0 saturated carbocycles. The first kappa shape index (κ1) is 22.9. The maximum Gasteiger partial charge on any atom is 0.515 e. The molecular formula is C20H18N2O9. The van der Waals surface area contributed by atoms with Gasteiger partial charge in [0.1, 0.15) is 12.4 Å². The van der Waals surface area contributed by atoms with Gasteiger partial charge in [-0.05, 0) is 24.3 Å². The summed E-state index contributed by atoms with van der Waals surface area (Å²) in [4.78, 5) is 45.8. The van der Waals surface area contributed by atoms with Gasteiger partial charge in [0, 0.05) is 23.4 Å². The van der Waals surface area contributed by atoms with E-state index in [4.69, 9.17) is 14.2 Å². The zero-order valence-corrected chi connectivity index (χ0v) is 16.3. The lowest BCUT2D eigenvalue weighted by Crippen LogP contribution is -2.23. The minimum atomic E-state index is -1.45. The zero-order valence-electron chi connectivity index (χ0n) is 16.3. The van der Waals surface area contributed by atoms with Gasteiger partial charge in [-0.2, -0.15) is 0 Å². The van der Waals surface area contributed by atoms with Gasteiger partial charge in [-0.1, -0.05) is 24.8 Å². The number of methoxy groups -OCH3 is 1. The number of hydrogen-bond donors (Lipinski definition) is 1. The molecule has 0 heterocycles. The molecule has 0 radical (unpaired) electrons. The van der Waals surface area contributed by atoms with E-state index < -0.39 is 29.2 Å². The number of anilines is 1. The SMILES string of the molecule is C=CCOC(=O)Nc1ccc(C(OC(=O)Oc2ccc([N+](=O)[O-])cc2)C(=O)OC)cc1. The molecule has 0 bridgehead atoms. The molecule has 0 spiro atoms. The maximum atomic E-state index is 12.1. The Hall–Kier alpha value is -4.41. The topological polar surface area (TPSA) is 143 Å². The van der Waals surface area contributed by atoms with Gasteiger partial charge in [0.15, 0.2) is 0 Å². The number of benzene rings is 2. The molecule has 31 heavy (non-hydrogen) atoms. The van der Waals surface area contributed by atoms with Crippen LogP contribution in [0.1, 0.15) is 11.7 Å². The Morgan fingerprint density at radius 2 is 1.77 bits per heavy atom. The predicted octanol–water partition coefficient (Wildman–Crippen LogP) is 3.76. The Morgan fingerprint density at radius 3 is 2.32 bits per heavy atom. The third-order valence-electron chi connectivity index (χ3n) is 3.67. The van der Waals surface area contributed by atoms with Crippen LogP contribution in [0, 0.1) is 10.1 Å². The molecule has 11 heteroatoms. The summed E-state index contributed by atoms with van der Waals surface area (Å²) >= 11 is 0. The van der Waals surface area contributed by atoms with Crippen LogP contribution in [0.4, 0.5) is 21.0 Å². The van der Waals surface area contributed by atoms with Crippen molar-refractivity contribution in [3.05, 3.63) is 76.9 Å². The van der Waals surface area contributed by atoms with Gasteiger partial charge in [-0.3, -0.25) is 15.4 Å². The Morgan fingerprint density at radius 1 is 1.13 bits per heavy atom. The average molecular weight is 430 g/mol. The number of carbonyl (C=O) groups is 3. The summed E-state index contributed by atoms with van der Waals surface area (Å²) in [7, 11) is 1.12. The molecule has 2 aromatic carbocycles. The molecule has 1 atom stereocenters. The van der Waals surface area contributed by atoms with Crippen LogP contribution in [0.5, 0.6) is 5.75 Å². The first-order valence-electron chi connectivity index (χ1n) is 8.69. The van der Waals surface area contributed by atoms with E-state index in [0.29, 0.717) is 5.69 Å². The number of non-ortho nitro benzene ring substituents is 1. The minimum absolute atomic E-state index is 0.0169. The van der Waals surface area contributed by atoms with Crippen molar-refractivity contribution < 1.29 is 38.3 Å². The Kier molecular flexibility index (Phi) is 8.08. The fourth-order valence-corrected chi connectivity index (χ4v) is 2.24. The number of amides is 1. The molecule has 1 amide bonds. The summed E-state index contributed by atoms with van der Waals surface area (Å²) in [6.07, 6.45) is -1.95. The van der Waals surface area contributed by atoms with Gasteiger partial charge in [0.05, 0.1) is 12.0 Å². The largest absolute Gasteiger partial charge is 0.515 e. The van der Waals surface area contributed by atoms with Crippen molar-refractivity contribution in [2.45, 2.75) is 6.10 Å². The zero-order chi connectivity index (χ0) is 22.8. The highest BCUT2D eigenvalue weighted by Crippen LogP contribution is 2.23. The van der Waals surface area contributed by atoms with E-state index in [0.717, 1.165) is 19.2 Å². The summed E-state index contributed by atoms with van der Waals surface area (Å²) in [5.41, 5.74) is 0.433. The molecule has 0 aliphatic carbocycles. The fraction of sp³-hybridized carbons (Fsp3) is 0.150. The van der Waals surface area contributed by atoms with Gasteiger partial charge >= 0.3 is 18.2 Å². The standard InChI is InChI=1S/C20H18N2O9/c1-3-12-29-19(24)21-14-6-4-13(5-7-14)17(18(23)28-2)31-20(25)30-16-10-8-15(9-11-16)22(26)27/h3-11,17H,1,12H2,2H3,(H,21,24). The van der Waals surface area contributed by atoms with Crippen molar-refractivity contribution >= 4 is 29.6 Å². The second kappa shape index (κ2) is 11.0. The van der Waals surface area contributed by atoms with E-state index in [1.54, 1.807) is 0 Å². The molecule has 11 nitrogen and oxygen atoms in total. The van der Waals surface area contributed by atoms with Crippen molar-refractivity contribution in [3.8, 4) is 5.75 Å². The number of rotatable bonds is 8. The number of carbonyl (C=O) groups excluding carboxylic acids is 3. The van der Waals surface area contributed by atoms with Gasteiger partial charge in [0.25, 0.3) is 5.69 Å². The van der Waals surface area contributed by atoms with Crippen LogP contribution in [-0.2, 0) is 19.0 Å². The van der Waals surface area contributed by atoms with Gasteiger partial charge in [-0.15, -0.1) is 0 Å². The van der Waals surface area contributed by atoms with Crippen LogP contribution in [0.2, 0.25) is 0 Å². The molecule has 0 aliphatic rings. The van der Waals surface area contributed by atoms with Crippen LogP contribution in [0.3, 0.4) is 0 Å². The van der Waals surface area contributed by atoms with Gasteiger partial charge < -0.3 is 18.9 Å². The van der Waals surface area contributed by atoms with Crippen LogP contribution in [0.25, 0.3) is 0 Å². The first-order valence-corrected chi connectivity index (χ1v) is 8.69. The Bertz CT molecular complexity index is 956. The fourth-order valence-electron chi connectivity index (χ4n) is 2.24. The number of nitro benzene ring substituents is 1. The van der Waals surface area contributed by atoms with Gasteiger partial charge in [-0.25, -0.2) is 14.4 Å². The highest BCUT2D eigenvalue weighted by atomic mass is 16.7. The van der Waals surface area contributed by atoms with Crippen LogP contribution in [0.15, 0.2) is 61.2 Å². The third-order valence-corrected chi connectivity index (χ3v) is 3.67. The van der Waals surface area contributed by atoms with Crippen LogP contribution < -0.4 is 10.1 Å². The van der Waals surface area contributed by atoms with E-state index >= 15 is 0 Å². The number of ether oxygens (including phenoxy) is 4. The summed E-state index contributed by atoms with van der Waals surface area (Å²) in [5.74, 6) is -0.886. The molecule has 162 valence electrons. The molecule has 0 aromatic heterocycles. The smallest absolute Gasteiger partial charge is 0.466 e. The first-order chi connectivity index (χ1) is 14.8. The van der Waals surface area contributed by atoms with E-state index in [-0.39, 0.29) is 23.6 Å². The monoisotopic (exact) mass is 430 g/mol. The molecular weight excluding hydrogens is 412 g/mol. The molecule has 0 aliphatic heterocycles. The van der Waals surface area contributed by atoms with Crippen molar-refractivity contribution in [1.82, 2.24) is 0 Å². The highest BCUT2D eigenvalue weighted by molar-refractivity contribution is 5.85. The van der Waals surface area contributed by atoms with E-state index in [9.17, 15) is 24.5 Å². The molecule has 1 unspecified atom stereocenters. The van der Waals surface area contributed by atoms with Crippen LogP contribution >= 0.6 is 0 Å². The quantitative estimate of drug-likeness (QED) is 0.165. The lowest BCUT2D eigenvalue weighted by atomic mass is 10.1. The molecule has 0 fully saturated rings. The normalized spacial score (nSPS) is 10.9. The summed E-state index contributed by atoms with van der Waals surface area (Å²) < 4.78 is 19.4. The summed E-state index contributed by atoms with van der Waals surface area (Å²) in [5, 5.41) is 13.1. The second-order valence-corrected chi connectivity index (χ2v) is 5.76. The predicted molar refractivity (Wildman–Crippen MR) is 107 cm³/mol. The summed E-state index contributed by atoms with van der Waals surface area (Å²) in [6, 6.07) is 10.5. The van der Waals surface area contributed by atoms with E-state index in [2.05, 4.69) is 16.6 Å².